The van der Waals surface area contributed by atoms with Crippen LogP contribution < -0.4 is 5.32 Å². The van der Waals surface area contributed by atoms with Crippen molar-refractivity contribution in [1.29, 1.82) is 0 Å². The van der Waals surface area contributed by atoms with Gasteiger partial charge in [-0.25, -0.2) is 15.3 Å². The van der Waals surface area contributed by atoms with Gasteiger partial charge in [-0.1, -0.05) is 10.1 Å². The highest BCUT2D eigenvalue weighted by Crippen LogP contribution is 2.46. The topological polar surface area (TPSA) is 257 Å². The van der Waals surface area contributed by atoms with E-state index >= 15 is 0 Å². The van der Waals surface area contributed by atoms with Gasteiger partial charge in [-0.15, -0.1) is 0 Å². The van der Waals surface area contributed by atoms with Crippen LogP contribution in [0.5, 0.6) is 0 Å². The summed E-state index contributed by atoms with van der Waals surface area (Å²) in [5.74, 6) is -3.73. The standard InChI is InChI=1S/C25H43NO18/c1-13(27)26-17-15(20(40-43-33)23(4,11-38-14(2)28)39-16(17)9-35-6)8-37-10-22(3)18(29)19(30)25(12-36-7,42-44-34)24(5,41-22)21(31)32/h15-20,29-30,33-34H,8-12H2,1-7H3,(H,26,27)(H,31,32)/t15-,16-,17?,18?,19-,20+,22-,23?,24?,25+/m0/s1. The van der Waals surface area contributed by atoms with Gasteiger partial charge < -0.3 is 49.1 Å². The fourth-order valence-corrected chi connectivity index (χ4v) is 5.79. The summed E-state index contributed by atoms with van der Waals surface area (Å²) >= 11 is 0. The molecule has 0 aromatic heterocycles. The second-order valence-electron chi connectivity index (χ2n) is 11.3. The number of ether oxygens (including phenoxy) is 6. The number of nitrogens with one attached hydrogen (secondary N) is 1. The summed E-state index contributed by atoms with van der Waals surface area (Å²) in [7, 11) is 2.55. The average Bonchev–Trinajstić information content (AvgIpc) is 2.93. The van der Waals surface area contributed by atoms with E-state index < -0.39 is 89.8 Å². The molecular weight excluding hydrogens is 602 g/mol. The molecule has 0 radical (unpaired) electrons. The zero-order chi connectivity index (χ0) is 33.5. The lowest BCUT2D eigenvalue weighted by Crippen LogP contribution is -2.79. The normalized spacial score (nSPS) is 39.1. The van der Waals surface area contributed by atoms with Gasteiger partial charge in [0.15, 0.2) is 11.2 Å². The van der Waals surface area contributed by atoms with Crippen LogP contribution in [0.15, 0.2) is 0 Å². The number of aliphatic hydroxyl groups excluding tert-OH is 2. The molecule has 44 heavy (non-hydrogen) atoms. The van der Waals surface area contributed by atoms with Gasteiger partial charge in [-0.3, -0.25) is 9.59 Å². The molecule has 0 aromatic rings. The van der Waals surface area contributed by atoms with E-state index in [1.807, 2.05) is 0 Å². The van der Waals surface area contributed by atoms with E-state index in [1.54, 1.807) is 0 Å². The quantitative estimate of drug-likeness (QED) is 0.0630. The minimum Gasteiger partial charge on any atom is -0.479 e. The molecule has 2 saturated heterocycles. The number of aliphatic hydroxyl groups is 2. The minimum atomic E-state index is -2.50. The van der Waals surface area contributed by atoms with Gasteiger partial charge in [-0.05, 0) is 20.8 Å². The molecule has 19 heteroatoms. The number of hydrogen-bond acceptors (Lipinski definition) is 17. The molecule has 2 aliphatic rings. The number of amides is 1. The predicted molar refractivity (Wildman–Crippen MR) is 139 cm³/mol. The molecule has 0 saturated carbocycles. The zero-order valence-electron chi connectivity index (χ0n) is 25.5. The Labute approximate surface area is 252 Å². The first-order chi connectivity index (χ1) is 20.5. The molecule has 2 heterocycles. The summed E-state index contributed by atoms with van der Waals surface area (Å²) in [6, 6.07) is -0.915. The fraction of sp³-hybridized carbons (Fsp3) is 0.880. The summed E-state index contributed by atoms with van der Waals surface area (Å²) in [5.41, 5.74) is -8.40. The lowest BCUT2D eigenvalue weighted by atomic mass is 9.71. The van der Waals surface area contributed by atoms with Gasteiger partial charge in [-0.2, -0.15) is 9.78 Å². The number of aliphatic carboxylic acids is 1. The first-order valence-electron chi connectivity index (χ1n) is 13.4. The van der Waals surface area contributed by atoms with E-state index in [0.29, 0.717) is 0 Å². The number of esters is 1. The molecular formula is C25H43NO18. The maximum atomic E-state index is 12.5. The monoisotopic (exact) mass is 645 g/mol. The van der Waals surface area contributed by atoms with Gasteiger partial charge in [0.05, 0.1) is 32.5 Å². The highest BCUT2D eigenvalue weighted by Gasteiger charge is 2.71. The highest BCUT2D eigenvalue weighted by atomic mass is 17.5. The van der Waals surface area contributed by atoms with Gasteiger partial charge >= 0.3 is 11.9 Å². The second-order valence-corrected chi connectivity index (χ2v) is 11.3. The summed E-state index contributed by atoms with van der Waals surface area (Å²) in [5, 5.41) is 61.0. The summed E-state index contributed by atoms with van der Waals surface area (Å²) in [6.07, 6.45) is -6.14. The van der Waals surface area contributed by atoms with E-state index in [-0.39, 0.29) is 19.8 Å². The number of carboxylic acids is 1. The maximum Gasteiger partial charge on any atom is 0.339 e. The van der Waals surface area contributed by atoms with Crippen LogP contribution in [0.4, 0.5) is 0 Å². The fourth-order valence-electron chi connectivity index (χ4n) is 5.79. The predicted octanol–water partition coefficient (Wildman–Crippen LogP) is -1.56. The van der Waals surface area contributed by atoms with Crippen LogP contribution >= 0.6 is 0 Å². The van der Waals surface area contributed by atoms with Crippen molar-refractivity contribution in [2.45, 2.75) is 87.5 Å². The van der Waals surface area contributed by atoms with Crippen LogP contribution in [-0.2, 0) is 62.7 Å². The first-order valence-corrected chi connectivity index (χ1v) is 13.4. The van der Waals surface area contributed by atoms with Crippen LogP contribution in [0.2, 0.25) is 0 Å². The average molecular weight is 646 g/mol. The Kier molecular flexibility index (Phi) is 13.4. The summed E-state index contributed by atoms with van der Waals surface area (Å²) in [6.45, 7) is 4.13. The highest BCUT2D eigenvalue weighted by molar-refractivity contribution is 5.79. The number of rotatable bonds is 16. The van der Waals surface area contributed by atoms with Crippen LogP contribution in [0.1, 0.15) is 34.6 Å². The maximum absolute atomic E-state index is 12.5. The van der Waals surface area contributed by atoms with E-state index in [9.17, 15) is 35.0 Å². The Hall–Kier alpha value is -2.11. The van der Waals surface area contributed by atoms with Crippen LogP contribution in [0, 0.1) is 5.92 Å². The second kappa shape index (κ2) is 15.5. The van der Waals surface area contributed by atoms with Crippen molar-refractivity contribution in [3.05, 3.63) is 0 Å². The van der Waals surface area contributed by atoms with E-state index in [2.05, 4.69) is 15.4 Å². The van der Waals surface area contributed by atoms with Crippen LogP contribution in [0.25, 0.3) is 0 Å². The number of carboxylic acid groups (broad SMARTS) is 1. The van der Waals surface area contributed by atoms with Crippen molar-refractivity contribution in [1.82, 2.24) is 5.32 Å². The molecule has 256 valence electrons. The van der Waals surface area contributed by atoms with Crippen molar-refractivity contribution < 1.29 is 88.5 Å². The lowest BCUT2D eigenvalue weighted by molar-refractivity contribution is -0.557. The minimum absolute atomic E-state index is 0.0545. The van der Waals surface area contributed by atoms with Gasteiger partial charge in [0, 0.05) is 34.0 Å². The third-order valence-corrected chi connectivity index (χ3v) is 7.98. The molecule has 0 aromatic carbocycles. The van der Waals surface area contributed by atoms with Crippen molar-refractivity contribution in [2.24, 2.45) is 5.92 Å². The molecule has 0 aliphatic carbocycles. The zero-order valence-corrected chi connectivity index (χ0v) is 25.5. The third kappa shape index (κ3) is 7.64. The summed E-state index contributed by atoms with van der Waals surface area (Å²) in [4.78, 5) is 46.2. The van der Waals surface area contributed by atoms with Crippen LogP contribution in [-0.4, -0.2) is 144 Å². The molecule has 6 N–H and O–H groups in total. The molecule has 1 amide bonds. The Morgan fingerprint density at radius 1 is 0.886 bits per heavy atom. The number of methoxy groups -OCH3 is 2. The number of carbonyl (C=O) groups excluding carboxylic acids is 2. The molecule has 19 nitrogen and oxygen atoms in total. The smallest absolute Gasteiger partial charge is 0.339 e. The number of hydrogen-bond donors (Lipinski definition) is 6. The molecule has 2 aliphatic heterocycles. The molecule has 2 rings (SSSR count). The SMILES string of the molecule is COC[C@@H]1OC(C)(COC(C)=O)[C@H](OOO)[C@@H](COC[C@]2(C)OC(C)(C(=O)O)[C@](COC)(OOO)[C@@H](O)C2O)C1NC(C)=O. The van der Waals surface area contributed by atoms with Crippen molar-refractivity contribution in [2.75, 3.05) is 47.3 Å². The molecule has 10 atom stereocenters. The van der Waals surface area contributed by atoms with Crippen molar-refractivity contribution in [3.8, 4) is 0 Å². The largest absolute Gasteiger partial charge is 0.479 e. The lowest BCUT2D eigenvalue weighted by Gasteiger charge is -2.56. The summed E-state index contributed by atoms with van der Waals surface area (Å²) < 4.78 is 33.3. The van der Waals surface area contributed by atoms with Gasteiger partial charge in [0.1, 0.15) is 42.2 Å². The van der Waals surface area contributed by atoms with E-state index in [4.69, 9.17) is 43.5 Å². The third-order valence-electron chi connectivity index (χ3n) is 7.98. The molecule has 2 fully saturated rings. The Morgan fingerprint density at radius 2 is 1.55 bits per heavy atom. The number of carbonyl (C=O) groups is 3. The molecule has 0 spiro atoms. The van der Waals surface area contributed by atoms with Crippen LogP contribution in [0.3, 0.4) is 0 Å². The van der Waals surface area contributed by atoms with Gasteiger partial charge in [0.25, 0.3) is 0 Å². The molecule has 0 bridgehead atoms. The van der Waals surface area contributed by atoms with Crippen molar-refractivity contribution >= 4 is 17.8 Å². The Bertz CT molecular complexity index is 979. The van der Waals surface area contributed by atoms with E-state index in [1.165, 1.54) is 34.8 Å². The first kappa shape index (κ1) is 38.1. The Balaban J connectivity index is 2.46. The molecule has 4 unspecified atom stereocenters. The van der Waals surface area contributed by atoms with E-state index in [0.717, 1.165) is 14.0 Å². The van der Waals surface area contributed by atoms with Gasteiger partial charge in [0.2, 0.25) is 5.91 Å². The van der Waals surface area contributed by atoms with Crippen molar-refractivity contribution in [3.63, 3.8) is 0 Å². The Morgan fingerprint density at radius 3 is 2.05 bits per heavy atom.